The third-order valence-corrected chi connectivity index (χ3v) is 8.55. The van der Waals surface area contributed by atoms with Crippen molar-refractivity contribution in [3.63, 3.8) is 0 Å². The average Bonchev–Trinajstić information content (AvgIpc) is 2.80. The number of benzene rings is 3. The van der Waals surface area contributed by atoms with Crippen molar-refractivity contribution in [2.75, 3.05) is 15.2 Å². The van der Waals surface area contributed by atoms with Gasteiger partial charge in [-0.25, -0.2) is 21.7 Å². The van der Waals surface area contributed by atoms with Crippen molar-refractivity contribution in [3.05, 3.63) is 81.8 Å². The molecule has 3 aromatic carbocycles. The largest absolute Gasteiger partial charge is 0.478 e. The summed E-state index contributed by atoms with van der Waals surface area (Å²) in [6.07, 6.45) is 1.10. The van der Waals surface area contributed by atoms with Crippen molar-refractivity contribution < 1.29 is 27.1 Å². The van der Waals surface area contributed by atoms with Gasteiger partial charge in [-0.05, 0) is 54.8 Å². The van der Waals surface area contributed by atoms with Gasteiger partial charge in [0, 0.05) is 6.54 Å². The highest BCUT2D eigenvalue weighted by Crippen LogP contribution is 2.42. The molecule has 1 atom stereocenters. The monoisotopic (exact) mass is 540 g/mol. The summed E-state index contributed by atoms with van der Waals surface area (Å²) in [5.41, 5.74) is 0.908. The number of nitrogens with zero attached hydrogens (tertiary/aromatic N) is 2. The number of carboxylic acid groups (broad SMARTS) is 1. The summed E-state index contributed by atoms with van der Waals surface area (Å²) in [5.74, 6) is -1.36. The number of halogens is 2. The predicted octanol–water partition coefficient (Wildman–Crippen LogP) is 5.11. The average molecular weight is 541 g/mol. The third kappa shape index (κ3) is 4.39. The zero-order valence-electron chi connectivity index (χ0n) is 17.4. The van der Waals surface area contributed by atoms with Gasteiger partial charge >= 0.3 is 5.97 Å². The van der Waals surface area contributed by atoms with E-state index in [9.17, 15) is 27.1 Å². The molecular formula is C22H18Cl2N2O6S2. The van der Waals surface area contributed by atoms with E-state index in [1.807, 2.05) is 0 Å². The third-order valence-electron chi connectivity index (χ3n) is 5.36. The maximum absolute atomic E-state index is 13.6. The molecule has 0 aromatic heterocycles. The molecule has 8 nitrogen and oxygen atoms in total. The van der Waals surface area contributed by atoms with Gasteiger partial charge in [0.15, 0.2) is 0 Å². The molecule has 0 bridgehead atoms. The number of carbonyl (C=O) groups is 1. The quantitative estimate of drug-likeness (QED) is 0.420. The lowest BCUT2D eigenvalue weighted by Gasteiger charge is -2.32. The molecule has 1 aliphatic heterocycles. The number of para-hydroxylation sites is 1. The molecule has 0 amide bonds. The van der Waals surface area contributed by atoms with E-state index in [4.69, 9.17) is 23.2 Å². The van der Waals surface area contributed by atoms with Crippen LogP contribution in [0.25, 0.3) is 0 Å². The zero-order chi connectivity index (χ0) is 24.6. The van der Waals surface area contributed by atoms with E-state index >= 15 is 0 Å². The summed E-state index contributed by atoms with van der Waals surface area (Å²) < 4.78 is 51.6. The van der Waals surface area contributed by atoms with Crippen molar-refractivity contribution >= 4 is 67.5 Å². The molecule has 0 spiro atoms. The Hall–Kier alpha value is -2.63. The number of anilines is 3. The normalized spacial score (nSPS) is 14.4. The van der Waals surface area contributed by atoms with Crippen LogP contribution in [0.2, 0.25) is 10.0 Å². The Morgan fingerprint density at radius 1 is 1.03 bits per heavy atom. The van der Waals surface area contributed by atoms with Crippen molar-refractivity contribution in [3.8, 4) is 0 Å². The van der Waals surface area contributed by atoms with Crippen LogP contribution < -0.4 is 8.61 Å². The second-order valence-corrected chi connectivity index (χ2v) is 10.9. The molecule has 0 saturated heterocycles. The predicted molar refractivity (Wildman–Crippen MR) is 132 cm³/mol. The van der Waals surface area contributed by atoms with Gasteiger partial charge in [-0.2, -0.15) is 0 Å². The van der Waals surface area contributed by atoms with Crippen LogP contribution in [0.15, 0.2) is 65.6 Å². The Bertz CT molecular complexity index is 1390. The number of hydrogen-bond acceptors (Lipinski definition) is 4. The van der Waals surface area contributed by atoms with E-state index in [-0.39, 0.29) is 44.1 Å². The van der Waals surface area contributed by atoms with Gasteiger partial charge in [0.1, 0.15) is 4.90 Å². The van der Waals surface area contributed by atoms with Crippen molar-refractivity contribution in [2.24, 2.45) is 0 Å². The van der Waals surface area contributed by atoms with Gasteiger partial charge in [-0.15, -0.1) is 0 Å². The van der Waals surface area contributed by atoms with Crippen molar-refractivity contribution in [1.29, 1.82) is 0 Å². The number of aryl methyl sites for hydroxylation is 1. The van der Waals surface area contributed by atoms with E-state index in [1.165, 1.54) is 42.5 Å². The van der Waals surface area contributed by atoms with Gasteiger partial charge in [0.2, 0.25) is 0 Å². The van der Waals surface area contributed by atoms with Crippen molar-refractivity contribution in [2.45, 2.75) is 17.7 Å². The van der Waals surface area contributed by atoms with Crippen LogP contribution in [-0.2, 0) is 27.7 Å². The first-order valence-electron chi connectivity index (χ1n) is 9.96. The van der Waals surface area contributed by atoms with Crippen molar-refractivity contribution in [1.82, 2.24) is 0 Å². The van der Waals surface area contributed by atoms with Gasteiger partial charge in [0.05, 0.1) is 32.7 Å². The summed E-state index contributed by atoms with van der Waals surface area (Å²) in [4.78, 5) is 11.3. The standard InChI is InChI=1S/C22H18Cl2N2O6S2/c23-17-7-3-8-18(24)21(17)26(33(29)30)15-11-10-14-5-4-12-25(19(14)13-15)34(31,32)20-9-2-1-6-16(20)22(27)28/h1-3,6-11,13H,4-5,12H2,(H,27,28)(H,29,30). The van der Waals surface area contributed by atoms with Gasteiger partial charge in [-0.1, -0.05) is 47.5 Å². The lowest BCUT2D eigenvalue weighted by atomic mass is 10.0. The van der Waals surface area contributed by atoms with Gasteiger partial charge in [-0.3, -0.25) is 8.86 Å². The van der Waals surface area contributed by atoms with Crippen LogP contribution >= 0.6 is 23.2 Å². The first-order chi connectivity index (χ1) is 16.1. The smallest absolute Gasteiger partial charge is 0.337 e. The highest BCUT2D eigenvalue weighted by molar-refractivity contribution is 7.93. The Labute approximate surface area is 208 Å². The molecule has 178 valence electrons. The summed E-state index contributed by atoms with van der Waals surface area (Å²) in [7, 11) is -4.25. The van der Waals surface area contributed by atoms with Crippen LogP contribution in [0.5, 0.6) is 0 Å². The maximum Gasteiger partial charge on any atom is 0.337 e. The molecule has 0 aliphatic carbocycles. The number of aromatic carboxylic acids is 1. The van der Waals surface area contributed by atoms with E-state index in [0.29, 0.717) is 18.4 Å². The molecule has 3 aromatic rings. The molecule has 12 heteroatoms. The molecule has 1 aliphatic rings. The summed E-state index contributed by atoms with van der Waals surface area (Å²) >= 11 is 9.93. The Kier molecular flexibility index (Phi) is 6.88. The van der Waals surface area contributed by atoms with Crippen LogP contribution in [-0.4, -0.2) is 34.8 Å². The highest BCUT2D eigenvalue weighted by atomic mass is 35.5. The Morgan fingerprint density at radius 3 is 2.35 bits per heavy atom. The minimum absolute atomic E-state index is 0.0908. The fourth-order valence-electron chi connectivity index (χ4n) is 3.87. The fraction of sp³-hybridized carbons (Fsp3) is 0.136. The van der Waals surface area contributed by atoms with Crippen LogP contribution in [0.4, 0.5) is 17.1 Å². The van der Waals surface area contributed by atoms with E-state index < -0.39 is 27.3 Å². The molecule has 0 fully saturated rings. The number of carboxylic acids is 1. The first-order valence-corrected chi connectivity index (χ1v) is 13.2. The SMILES string of the molecule is O=C(O)c1ccccc1S(=O)(=O)N1CCCc2ccc(N(c3c(Cl)cccc3Cl)S(=O)O)cc21. The Morgan fingerprint density at radius 2 is 1.71 bits per heavy atom. The minimum Gasteiger partial charge on any atom is -0.478 e. The molecule has 2 N–H and O–H groups in total. The molecule has 4 rings (SSSR count). The van der Waals surface area contributed by atoms with E-state index in [2.05, 4.69) is 0 Å². The minimum atomic E-state index is -4.25. The number of sulfonamides is 1. The summed E-state index contributed by atoms with van der Waals surface area (Å²) in [6.45, 7) is 0.113. The molecule has 0 radical (unpaired) electrons. The van der Waals surface area contributed by atoms with E-state index in [0.717, 1.165) is 8.61 Å². The lowest BCUT2D eigenvalue weighted by Crippen LogP contribution is -2.36. The first kappa shape index (κ1) is 24.5. The molecule has 0 saturated carbocycles. The second-order valence-electron chi connectivity index (χ2n) is 7.39. The summed E-state index contributed by atoms with van der Waals surface area (Å²) in [5, 5.41) is 9.77. The maximum atomic E-state index is 13.6. The highest BCUT2D eigenvalue weighted by Gasteiger charge is 2.33. The Balaban J connectivity index is 1.87. The zero-order valence-corrected chi connectivity index (χ0v) is 20.5. The fourth-order valence-corrected chi connectivity index (χ4v) is 6.91. The van der Waals surface area contributed by atoms with Crippen LogP contribution in [0.3, 0.4) is 0 Å². The number of fused-ring (bicyclic) bond motifs is 1. The summed E-state index contributed by atoms with van der Waals surface area (Å²) in [6, 6.07) is 14.7. The van der Waals surface area contributed by atoms with Crippen LogP contribution in [0.1, 0.15) is 22.3 Å². The van der Waals surface area contributed by atoms with Gasteiger partial charge in [0.25, 0.3) is 21.3 Å². The van der Waals surface area contributed by atoms with Gasteiger partial charge < -0.3 is 5.11 Å². The van der Waals surface area contributed by atoms with E-state index in [1.54, 1.807) is 18.2 Å². The topological polar surface area (TPSA) is 115 Å². The second kappa shape index (κ2) is 9.55. The number of hydrogen-bond donors (Lipinski definition) is 2. The molecule has 1 heterocycles. The number of rotatable bonds is 6. The lowest BCUT2D eigenvalue weighted by molar-refractivity contribution is 0.0692. The molecule has 34 heavy (non-hydrogen) atoms. The molecular weight excluding hydrogens is 523 g/mol. The van der Waals surface area contributed by atoms with Crippen LogP contribution in [0, 0.1) is 0 Å². The molecule has 1 unspecified atom stereocenters.